The monoisotopic (exact) mass is 574 g/mol. The highest BCUT2D eigenvalue weighted by molar-refractivity contribution is 6.10. The second-order valence-corrected chi connectivity index (χ2v) is 9.12. The molecule has 5 rings (SSSR count). The summed E-state index contributed by atoms with van der Waals surface area (Å²) in [6, 6.07) is 26.6. The zero-order valence-electron chi connectivity index (χ0n) is 23.5. The van der Waals surface area contributed by atoms with E-state index in [0.29, 0.717) is 39.5 Å². The number of benzene rings is 4. The third kappa shape index (κ3) is 5.73. The Morgan fingerprint density at radius 1 is 0.860 bits per heavy atom. The number of nitriles is 1. The minimum atomic E-state index is -0.664. The third-order valence-electron chi connectivity index (χ3n) is 6.64. The molecule has 43 heavy (non-hydrogen) atoms. The molecule has 0 saturated carbocycles. The average molecular weight is 575 g/mol. The van der Waals surface area contributed by atoms with E-state index in [2.05, 4.69) is 21.6 Å². The number of methoxy groups -OCH3 is 3. The third-order valence-corrected chi connectivity index (χ3v) is 6.64. The summed E-state index contributed by atoms with van der Waals surface area (Å²) in [4.78, 5) is 29.5. The van der Waals surface area contributed by atoms with Gasteiger partial charge in [0.2, 0.25) is 5.75 Å². The van der Waals surface area contributed by atoms with Crippen LogP contribution < -0.4 is 24.4 Å². The van der Waals surface area contributed by atoms with Crippen LogP contribution in [0.15, 0.2) is 90.0 Å². The van der Waals surface area contributed by atoms with Crippen LogP contribution in [-0.4, -0.2) is 44.4 Å². The van der Waals surface area contributed by atoms with Gasteiger partial charge in [0.1, 0.15) is 17.5 Å². The molecular formula is C33H26N4O6. The number of para-hydroxylation sites is 2. The van der Waals surface area contributed by atoms with E-state index in [4.69, 9.17) is 18.9 Å². The van der Waals surface area contributed by atoms with Gasteiger partial charge in [-0.15, -0.1) is 0 Å². The van der Waals surface area contributed by atoms with Crippen molar-refractivity contribution in [2.75, 3.05) is 21.3 Å². The van der Waals surface area contributed by atoms with Crippen LogP contribution in [0.25, 0.3) is 22.0 Å². The summed E-state index contributed by atoms with van der Waals surface area (Å²) in [7, 11) is 4.37. The highest BCUT2D eigenvalue weighted by atomic mass is 16.5. The molecule has 10 heteroatoms. The first-order valence-corrected chi connectivity index (χ1v) is 13.0. The van der Waals surface area contributed by atoms with Gasteiger partial charge in [-0.25, -0.2) is 10.2 Å². The molecule has 5 aromatic rings. The fraction of sp³-hybridized carbons (Fsp3) is 0.0909. The Morgan fingerprint density at radius 3 is 2.23 bits per heavy atom. The Bertz CT molecular complexity index is 1860. The number of fused-ring (bicyclic) bond motifs is 1. The molecule has 1 amide bonds. The quantitative estimate of drug-likeness (QED) is 0.0996. The fourth-order valence-corrected chi connectivity index (χ4v) is 4.64. The maximum atomic E-state index is 13.4. The zero-order chi connectivity index (χ0) is 30.3. The molecule has 0 aliphatic heterocycles. The molecule has 10 nitrogen and oxygen atoms in total. The summed E-state index contributed by atoms with van der Waals surface area (Å²) in [5.41, 5.74) is 5.85. The van der Waals surface area contributed by atoms with Gasteiger partial charge in [-0.05, 0) is 35.9 Å². The number of aromatic nitrogens is 1. The number of amides is 1. The van der Waals surface area contributed by atoms with E-state index in [1.807, 2.05) is 36.4 Å². The molecule has 0 unspecified atom stereocenters. The van der Waals surface area contributed by atoms with Gasteiger partial charge in [-0.1, -0.05) is 54.6 Å². The first-order chi connectivity index (χ1) is 21.0. The highest BCUT2D eigenvalue weighted by Crippen LogP contribution is 2.38. The first kappa shape index (κ1) is 28.4. The fourth-order valence-electron chi connectivity index (χ4n) is 4.64. The topological polar surface area (TPSA) is 135 Å². The minimum Gasteiger partial charge on any atom is -0.493 e. The lowest BCUT2D eigenvalue weighted by Gasteiger charge is -2.14. The van der Waals surface area contributed by atoms with E-state index in [-0.39, 0.29) is 17.0 Å². The Hall–Kier alpha value is -6.08. The molecule has 0 atom stereocenters. The van der Waals surface area contributed by atoms with Crippen molar-refractivity contribution in [3.8, 4) is 40.2 Å². The van der Waals surface area contributed by atoms with Crippen LogP contribution >= 0.6 is 0 Å². The Balaban J connectivity index is 1.40. The number of hydrogen-bond donors (Lipinski definition) is 2. The van der Waals surface area contributed by atoms with Gasteiger partial charge < -0.3 is 23.9 Å². The van der Waals surface area contributed by atoms with Crippen molar-refractivity contribution >= 4 is 29.0 Å². The second-order valence-electron chi connectivity index (χ2n) is 9.12. The van der Waals surface area contributed by atoms with Crippen molar-refractivity contribution in [3.05, 3.63) is 107 Å². The van der Waals surface area contributed by atoms with Crippen LogP contribution in [0, 0.1) is 11.3 Å². The van der Waals surface area contributed by atoms with Crippen LogP contribution in [0.2, 0.25) is 0 Å². The van der Waals surface area contributed by atoms with Crippen LogP contribution in [0.3, 0.4) is 0 Å². The Kier molecular flexibility index (Phi) is 8.35. The van der Waals surface area contributed by atoms with Gasteiger partial charge in [0, 0.05) is 16.5 Å². The second kappa shape index (κ2) is 12.6. The van der Waals surface area contributed by atoms with Crippen molar-refractivity contribution in [2.24, 2.45) is 5.10 Å². The largest absolute Gasteiger partial charge is 0.493 e. The van der Waals surface area contributed by atoms with Gasteiger partial charge in [-0.3, -0.25) is 4.79 Å². The minimum absolute atomic E-state index is 0.179. The number of aromatic amines is 1. The molecule has 0 radical (unpaired) electrons. The van der Waals surface area contributed by atoms with E-state index in [9.17, 15) is 14.9 Å². The molecule has 0 aliphatic rings. The summed E-state index contributed by atoms with van der Waals surface area (Å²) >= 11 is 0. The molecule has 1 heterocycles. The normalized spacial score (nSPS) is 10.7. The summed E-state index contributed by atoms with van der Waals surface area (Å²) in [5, 5.41) is 14.5. The predicted molar refractivity (Wildman–Crippen MR) is 161 cm³/mol. The van der Waals surface area contributed by atoms with Crippen molar-refractivity contribution in [2.45, 2.75) is 0 Å². The summed E-state index contributed by atoms with van der Waals surface area (Å²) < 4.78 is 21.6. The molecule has 2 N–H and O–H groups in total. The average Bonchev–Trinajstić information content (AvgIpc) is 3.45. The number of carbonyl (C=O) groups excluding carboxylic acids is 2. The van der Waals surface area contributed by atoms with Crippen molar-refractivity contribution in [1.82, 2.24) is 10.4 Å². The number of esters is 1. The number of hydrogen-bond acceptors (Lipinski definition) is 8. The number of nitrogens with zero attached hydrogens (tertiary/aromatic N) is 2. The number of nitrogens with one attached hydrogen (secondary N) is 2. The van der Waals surface area contributed by atoms with E-state index in [1.54, 1.807) is 36.4 Å². The smallest absolute Gasteiger partial charge is 0.343 e. The lowest BCUT2D eigenvalue weighted by atomic mass is 10.0. The first-order valence-electron chi connectivity index (χ1n) is 13.0. The number of H-pyrrole nitrogens is 1. The number of hydrazone groups is 1. The van der Waals surface area contributed by atoms with Crippen LogP contribution in [0.1, 0.15) is 32.0 Å². The molecule has 0 aliphatic carbocycles. The summed E-state index contributed by atoms with van der Waals surface area (Å²) in [6.07, 6.45) is 1.38. The molecule has 0 saturated heterocycles. The van der Waals surface area contributed by atoms with Gasteiger partial charge in [0.15, 0.2) is 11.5 Å². The molecular weight excluding hydrogens is 548 g/mol. The molecule has 214 valence electrons. The predicted octanol–water partition coefficient (Wildman–Crippen LogP) is 5.72. The van der Waals surface area contributed by atoms with Gasteiger partial charge >= 0.3 is 5.97 Å². The number of rotatable bonds is 9. The van der Waals surface area contributed by atoms with E-state index >= 15 is 0 Å². The van der Waals surface area contributed by atoms with Crippen molar-refractivity contribution in [1.29, 1.82) is 5.26 Å². The number of carbonyl (C=O) groups is 2. The molecule has 1 aromatic heterocycles. The van der Waals surface area contributed by atoms with Crippen LogP contribution in [0.5, 0.6) is 23.0 Å². The Morgan fingerprint density at radius 2 is 1.56 bits per heavy atom. The molecule has 0 bridgehead atoms. The lowest BCUT2D eigenvalue weighted by molar-refractivity contribution is 0.0733. The van der Waals surface area contributed by atoms with Crippen LogP contribution in [0.4, 0.5) is 0 Å². The van der Waals surface area contributed by atoms with Crippen molar-refractivity contribution < 1.29 is 28.5 Å². The highest BCUT2D eigenvalue weighted by Gasteiger charge is 2.21. The zero-order valence-corrected chi connectivity index (χ0v) is 23.5. The number of ether oxygens (including phenoxy) is 4. The standard InChI is InChI=1S/C33H26N4O6/c1-40-26-16-23(17-27(41-2)31(26)42-3)33(39)43-25-15-8-7-12-22(25)19-35-37-32(38)30-28(20-10-5-4-6-11-20)24-14-9-13-21(18-34)29(24)36-30/h4-17,19,36H,1-3H3,(H,37,38). The van der Waals surface area contributed by atoms with Crippen LogP contribution in [-0.2, 0) is 0 Å². The molecule has 4 aromatic carbocycles. The van der Waals surface area contributed by atoms with Gasteiger partial charge in [0.05, 0.1) is 44.2 Å². The SMILES string of the molecule is COc1cc(C(=O)Oc2ccccc2C=NNC(=O)c2[nH]c3c(C#N)cccc3c2-c2ccccc2)cc(OC)c1OC. The Labute approximate surface area is 247 Å². The molecule has 0 fully saturated rings. The molecule has 0 spiro atoms. The van der Waals surface area contributed by atoms with E-state index in [1.165, 1.54) is 39.7 Å². The van der Waals surface area contributed by atoms with E-state index in [0.717, 1.165) is 10.9 Å². The maximum absolute atomic E-state index is 13.4. The van der Waals surface area contributed by atoms with E-state index < -0.39 is 11.9 Å². The van der Waals surface area contributed by atoms with Gasteiger partial charge in [0.25, 0.3) is 5.91 Å². The maximum Gasteiger partial charge on any atom is 0.343 e. The van der Waals surface area contributed by atoms with Gasteiger partial charge in [-0.2, -0.15) is 10.4 Å². The summed E-state index contributed by atoms with van der Waals surface area (Å²) in [5.74, 6) is -0.00198. The summed E-state index contributed by atoms with van der Waals surface area (Å²) in [6.45, 7) is 0. The van der Waals surface area contributed by atoms with Crippen molar-refractivity contribution in [3.63, 3.8) is 0 Å². The lowest BCUT2D eigenvalue weighted by Crippen LogP contribution is -2.19.